The van der Waals surface area contributed by atoms with Crippen LogP contribution in [0.25, 0.3) is 0 Å². The highest BCUT2D eigenvalue weighted by atomic mass is 16.5. The molecule has 1 aliphatic heterocycles. The number of ether oxygens (including phenoxy) is 2. The van der Waals surface area contributed by atoms with Gasteiger partial charge in [0.2, 0.25) is 0 Å². The van der Waals surface area contributed by atoms with Crippen molar-refractivity contribution in [1.82, 2.24) is 9.80 Å². The molecule has 1 rings (SSSR count). The molecule has 1 N–H and O–H groups in total. The molecule has 0 bridgehead atoms. The summed E-state index contributed by atoms with van der Waals surface area (Å²) < 4.78 is 11.1. The monoisotopic (exact) mass is 316 g/mol. The van der Waals surface area contributed by atoms with Crippen molar-refractivity contribution < 1.29 is 14.6 Å². The molecule has 1 unspecified atom stereocenters. The highest BCUT2D eigenvalue weighted by Gasteiger charge is 2.18. The third-order valence-corrected chi connectivity index (χ3v) is 3.80. The normalized spacial score (nSPS) is 19.5. The van der Waals surface area contributed by atoms with Crippen molar-refractivity contribution in [3.05, 3.63) is 0 Å². The lowest BCUT2D eigenvalue weighted by atomic mass is 9.99. The van der Waals surface area contributed by atoms with Crippen LogP contribution in [0.15, 0.2) is 0 Å². The Balaban J connectivity index is 1.94. The van der Waals surface area contributed by atoms with Crippen molar-refractivity contribution in [2.75, 3.05) is 65.7 Å². The Kier molecular flexibility index (Phi) is 9.52. The van der Waals surface area contributed by atoms with Crippen molar-refractivity contribution in [3.8, 4) is 0 Å². The Morgan fingerprint density at radius 1 is 1.00 bits per heavy atom. The molecule has 5 heteroatoms. The zero-order chi connectivity index (χ0) is 16.4. The van der Waals surface area contributed by atoms with Crippen LogP contribution in [-0.4, -0.2) is 86.7 Å². The van der Waals surface area contributed by atoms with Gasteiger partial charge in [0.15, 0.2) is 0 Å². The van der Waals surface area contributed by atoms with Gasteiger partial charge in [0, 0.05) is 45.9 Å². The van der Waals surface area contributed by atoms with E-state index in [2.05, 4.69) is 37.5 Å². The summed E-state index contributed by atoms with van der Waals surface area (Å²) in [6, 6.07) is 0. The van der Waals surface area contributed by atoms with E-state index in [0.29, 0.717) is 13.2 Å². The minimum atomic E-state index is -0.385. The lowest BCUT2D eigenvalue weighted by Gasteiger charge is -2.34. The summed E-state index contributed by atoms with van der Waals surface area (Å²) in [7, 11) is 0. The molecule has 0 aromatic carbocycles. The van der Waals surface area contributed by atoms with Gasteiger partial charge in [0.25, 0.3) is 0 Å². The van der Waals surface area contributed by atoms with E-state index in [1.807, 2.05) is 0 Å². The van der Waals surface area contributed by atoms with Crippen molar-refractivity contribution in [3.63, 3.8) is 0 Å². The van der Waals surface area contributed by atoms with Crippen molar-refractivity contribution >= 4 is 0 Å². The summed E-state index contributed by atoms with van der Waals surface area (Å²) in [4.78, 5) is 4.77. The SMILES string of the molecule is CCN1CCN(CC(O)COCCCOCC(C)(C)C)CC1. The maximum atomic E-state index is 10.0. The van der Waals surface area contributed by atoms with Crippen molar-refractivity contribution in [2.24, 2.45) is 5.41 Å². The number of aliphatic hydroxyl groups excluding tert-OH is 1. The number of piperazine rings is 1. The predicted molar refractivity (Wildman–Crippen MR) is 90.3 cm³/mol. The summed E-state index contributed by atoms with van der Waals surface area (Å²) >= 11 is 0. The summed E-state index contributed by atoms with van der Waals surface area (Å²) in [6.45, 7) is 17.4. The fourth-order valence-electron chi connectivity index (χ4n) is 2.50. The highest BCUT2D eigenvalue weighted by molar-refractivity contribution is 4.73. The highest BCUT2D eigenvalue weighted by Crippen LogP contribution is 2.12. The van der Waals surface area contributed by atoms with E-state index in [1.54, 1.807) is 0 Å². The molecule has 0 aromatic rings. The van der Waals surface area contributed by atoms with Gasteiger partial charge in [-0.3, -0.25) is 4.90 Å². The van der Waals surface area contributed by atoms with Crippen LogP contribution in [0.1, 0.15) is 34.1 Å². The number of likely N-dealkylation sites (N-methyl/N-ethyl adjacent to an activating group) is 1. The number of hydrogen-bond donors (Lipinski definition) is 1. The van der Waals surface area contributed by atoms with Gasteiger partial charge >= 0.3 is 0 Å². The molecule has 132 valence electrons. The van der Waals surface area contributed by atoms with Crippen LogP contribution in [0.3, 0.4) is 0 Å². The molecule has 0 saturated carbocycles. The quantitative estimate of drug-likeness (QED) is 0.618. The second-order valence-electron chi connectivity index (χ2n) is 7.43. The fourth-order valence-corrected chi connectivity index (χ4v) is 2.50. The molecule has 0 aromatic heterocycles. The molecular formula is C17H36N2O3. The summed E-state index contributed by atoms with van der Waals surface area (Å²) in [5, 5.41) is 10.0. The molecule has 5 nitrogen and oxygen atoms in total. The van der Waals surface area contributed by atoms with Crippen LogP contribution in [0.5, 0.6) is 0 Å². The number of β-amino-alcohol motifs (C(OH)–C–C–N with tert-alkyl or cyclic N) is 1. The molecular weight excluding hydrogens is 280 g/mol. The smallest absolute Gasteiger partial charge is 0.0900 e. The van der Waals surface area contributed by atoms with Crippen LogP contribution < -0.4 is 0 Å². The summed E-state index contributed by atoms with van der Waals surface area (Å²) in [5.41, 5.74) is 0.221. The van der Waals surface area contributed by atoms with E-state index in [4.69, 9.17) is 9.47 Å². The zero-order valence-corrected chi connectivity index (χ0v) is 15.0. The summed E-state index contributed by atoms with van der Waals surface area (Å²) in [6.07, 6.45) is 0.501. The molecule has 22 heavy (non-hydrogen) atoms. The van der Waals surface area contributed by atoms with Gasteiger partial charge in [-0.05, 0) is 18.4 Å². The van der Waals surface area contributed by atoms with Crippen LogP contribution >= 0.6 is 0 Å². The fraction of sp³-hybridized carbons (Fsp3) is 1.00. The molecule has 1 atom stereocenters. The lowest BCUT2D eigenvalue weighted by Crippen LogP contribution is -2.48. The van der Waals surface area contributed by atoms with E-state index in [0.717, 1.165) is 58.9 Å². The molecule has 1 fully saturated rings. The van der Waals surface area contributed by atoms with Gasteiger partial charge in [-0.2, -0.15) is 0 Å². The van der Waals surface area contributed by atoms with Crippen molar-refractivity contribution in [1.29, 1.82) is 0 Å². The second-order valence-corrected chi connectivity index (χ2v) is 7.43. The Labute approximate surface area is 136 Å². The number of hydrogen-bond acceptors (Lipinski definition) is 5. The number of aliphatic hydroxyl groups is 1. The molecule has 1 aliphatic rings. The van der Waals surface area contributed by atoms with Gasteiger partial charge in [0.1, 0.15) is 0 Å². The minimum Gasteiger partial charge on any atom is -0.389 e. The largest absolute Gasteiger partial charge is 0.389 e. The Bertz CT molecular complexity index is 274. The van der Waals surface area contributed by atoms with Crippen LogP contribution in [-0.2, 0) is 9.47 Å². The molecule has 1 heterocycles. The first-order chi connectivity index (χ1) is 10.4. The van der Waals surface area contributed by atoms with E-state index in [-0.39, 0.29) is 11.5 Å². The lowest BCUT2D eigenvalue weighted by molar-refractivity contribution is -0.00235. The minimum absolute atomic E-state index is 0.221. The van der Waals surface area contributed by atoms with Gasteiger partial charge in [-0.1, -0.05) is 27.7 Å². The van der Waals surface area contributed by atoms with Crippen LogP contribution in [0, 0.1) is 5.41 Å². The van der Waals surface area contributed by atoms with E-state index >= 15 is 0 Å². The zero-order valence-electron chi connectivity index (χ0n) is 15.0. The van der Waals surface area contributed by atoms with Crippen LogP contribution in [0.2, 0.25) is 0 Å². The molecule has 0 radical (unpaired) electrons. The van der Waals surface area contributed by atoms with Gasteiger partial charge in [-0.15, -0.1) is 0 Å². The number of rotatable bonds is 10. The Hall–Kier alpha value is -0.200. The summed E-state index contributed by atoms with van der Waals surface area (Å²) in [5.74, 6) is 0. The molecule has 1 saturated heterocycles. The third kappa shape index (κ3) is 9.74. The maximum Gasteiger partial charge on any atom is 0.0900 e. The molecule has 0 aliphatic carbocycles. The topological polar surface area (TPSA) is 45.2 Å². The first kappa shape index (κ1) is 19.8. The van der Waals surface area contributed by atoms with Gasteiger partial charge in [0.05, 0.1) is 19.3 Å². The van der Waals surface area contributed by atoms with Gasteiger partial charge < -0.3 is 19.5 Å². The van der Waals surface area contributed by atoms with Crippen LogP contribution in [0.4, 0.5) is 0 Å². The van der Waals surface area contributed by atoms with E-state index < -0.39 is 0 Å². The van der Waals surface area contributed by atoms with E-state index in [9.17, 15) is 5.11 Å². The van der Waals surface area contributed by atoms with Crippen molar-refractivity contribution in [2.45, 2.75) is 40.2 Å². The molecule has 0 spiro atoms. The average molecular weight is 316 g/mol. The first-order valence-electron chi connectivity index (χ1n) is 8.69. The average Bonchev–Trinajstić information content (AvgIpc) is 2.46. The standard InChI is InChI=1S/C17H36N2O3/c1-5-18-7-9-19(10-8-18)13-16(20)14-21-11-6-12-22-15-17(2,3)4/h16,20H,5-15H2,1-4H3. The Morgan fingerprint density at radius 2 is 1.59 bits per heavy atom. The van der Waals surface area contributed by atoms with E-state index in [1.165, 1.54) is 0 Å². The predicted octanol–water partition coefficient (Wildman–Crippen LogP) is 1.45. The second kappa shape index (κ2) is 10.6. The number of nitrogens with zero attached hydrogens (tertiary/aromatic N) is 2. The first-order valence-corrected chi connectivity index (χ1v) is 8.69. The molecule has 0 amide bonds. The maximum absolute atomic E-state index is 10.0. The Morgan fingerprint density at radius 3 is 2.18 bits per heavy atom. The third-order valence-electron chi connectivity index (χ3n) is 3.80. The van der Waals surface area contributed by atoms with Gasteiger partial charge in [-0.25, -0.2) is 0 Å².